The predicted octanol–water partition coefficient (Wildman–Crippen LogP) is 2.15. The Balaban J connectivity index is 2.13. The van der Waals surface area contributed by atoms with E-state index in [0.717, 1.165) is 11.3 Å². The molecule has 5 nitrogen and oxygen atoms in total. The average Bonchev–Trinajstić information content (AvgIpc) is 2.72. The number of aryl methyl sites for hydroxylation is 2. The molecule has 2 rings (SSSR count). The van der Waals surface area contributed by atoms with Gasteiger partial charge in [-0.25, -0.2) is 0 Å². The molecule has 6 heteroatoms. The van der Waals surface area contributed by atoms with Gasteiger partial charge in [0.15, 0.2) is 0 Å². The van der Waals surface area contributed by atoms with Crippen LogP contribution in [0.25, 0.3) is 0 Å². The van der Waals surface area contributed by atoms with Crippen molar-refractivity contribution in [2.45, 2.75) is 19.9 Å². The minimum atomic E-state index is -0.253. The topological polar surface area (TPSA) is 72.9 Å². The van der Waals surface area contributed by atoms with Crippen molar-refractivity contribution < 1.29 is 4.79 Å². The number of hydrogen-bond donors (Lipinski definition) is 2. The third-order valence-corrected chi connectivity index (χ3v) is 3.48. The van der Waals surface area contributed by atoms with E-state index in [9.17, 15) is 4.79 Å². The quantitative estimate of drug-likeness (QED) is 0.907. The van der Waals surface area contributed by atoms with Gasteiger partial charge in [0.1, 0.15) is 5.69 Å². The van der Waals surface area contributed by atoms with Gasteiger partial charge >= 0.3 is 0 Å². The van der Waals surface area contributed by atoms with Crippen LogP contribution < -0.4 is 11.1 Å². The molecule has 1 aromatic carbocycles. The van der Waals surface area contributed by atoms with Crippen LogP contribution in [0.4, 0.5) is 5.69 Å². The molecule has 20 heavy (non-hydrogen) atoms. The van der Waals surface area contributed by atoms with E-state index >= 15 is 0 Å². The lowest BCUT2D eigenvalue weighted by atomic mass is 10.2. The fourth-order valence-corrected chi connectivity index (χ4v) is 2.23. The Bertz CT molecular complexity index is 636. The highest BCUT2D eigenvalue weighted by Crippen LogP contribution is 2.18. The zero-order valence-electron chi connectivity index (χ0n) is 11.5. The van der Waals surface area contributed by atoms with Crippen molar-refractivity contribution >= 4 is 23.2 Å². The van der Waals surface area contributed by atoms with Crippen molar-refractivity contribution in [3.8, 4) is 0 Å². The molecule has 0 spiro atoms. The van der Waals surface area contributed by atoms with Gasteiger partial charge in [-0.1, -0.05) is 36.7 Å². The van der Waals surface area contributed by atoms with Crippen molar-refractivity contribution in [3.05, 3.63) is 46.2 Å². The van der Waals surface area contributed by atoms with Crippen molar-refractivity contribution in [2.75, 3.05) is 5.73 Å². The SMILES string of the molecule is CCc1nn(C)c(C(=O)NCc2ccccc2Cl)c1N. The number of nitrogen functional groups attached to an aromatic ring is 1. The van der Waals surface area contributed by atoms with Crippen LogP contribution in [0, 0.1) is 0 Å². The van der Waals surface area contributed by atoms with Gasteiger partial charge in [-0.05, 0) is 18.1 Å². The third-order valence-electron chi connectivity index (χ3n) is 3.11. The first-order valence-electron chi connectivity index (χ1n) is 6.37. The Labute approximate surface area is 122 Å². The summed E-state index contributed by atoms with van der Waals surface area (Å²) >= 11 is 6.05. The maximum Gasteiger partial charge on any atom is 0.271 e. The molecule has 0 saturated heterocycles. The van der Waals surface area contributed by atoms with E-state index in [-0.39, 0.29) is 5.91 Å². The first kappa shape index (κ1) is 14.4. The number of aromatic nitrogens is 2. The summed E-state index contributed by atoms with van der Waals surface area (Å²) in [6.07, 6.45) is 0.692. The number of nitrogens with one attached hydrogen (secondary N) is 1. The minimum Gasteiger partial charge on any atom is -0.395 e. The third kappa shape index (κ3) is 2.77. The van der Waals surface area contributed by atoms with Crippen LogP contribution in [0.15, 0.2) is 24.3 Å². The van der Waals surface area contributed by atoms with Crippen LogP contribution in [0.5, 0.6) is 0 Å². The highest BCUT2D eigenvalue weighted by Gasteiger charge is 2.18. The second-order valence-electron chi connectivity index (χ2n) is 4.46. The van der Waals surface area contributed by atoms with Gasteiger partial charge < -0.3 is 11.1 Å². The first-order chi connectivity index (χ1) is 9.54. The number of carbonyl (C=O) groups is 1. The van der Waals surface area contributed by atoms with Gasteiger partial charge in [0.25, 0.3) is 5.91 Å². The molecular weight excluding hydrogens is 276 g/mol. The molecule has 1 heterocycles. The lowest BCUT2D eigenvalue weighted by Gasteiger charge is -2.07. The van der Waals surface area contributed by atoms with Crippen molar-refractivity contribution in [3.63, 3.8) is 0 Å². The Morgan fingerprint density at radius 3 is 2.75 bits per heavy atom. The number of carbonyl (C=O) groups excluding carboxylic acids is 1. The Morgan fingerprint density at radius 1 is 1.45 bits per heavy atom. The zero-order chi connectivity index (χ0) is 14.7. The molecule has 0 fully saturated rings. The lowest BCUT2D eigenvalue weighted by Crippen LogP contribution is -2.26. The van der Waals surface area contributed by atoms with Crippen LogP contribution in [0.1, 0.15) is 28.7 Å². The average molecular weight is 293 g/mol. The van der Waals surface area contributed by atoms with Crippen LogP contribution in [-0.2, 0) is 20.0 Å². The standard InChI is InChI=1S/C14H17ClN4O/c1-3-11-12(16)13(19(2)18-11)14(20)17-8-9-6-4-5-7-10(9)15/h4-7H,3,8,16H2,1-2H3,(H,17,20). The van der Waals surface area contributed by atoms with Crippen LogP contribution in [-0.4, -0.2) is 15.7 Å². The summed E-state index contributed by atoms with van der Waals surface area (Å²) in [5.74, 6) is -0.253. The second kappa shape index (κ2) is 5.96. The summed E-state index contributed by atoms with van der Waals surface area (Å²) in [5, 5.41) is 7.66. The number of nitrogens with zero attached hydrogens (tertiary/aromatic N) is 2. The Hall–Kier alpha value is -2.01. The molecule has 106 valence electrons. The molecule has 0 atom stereocenters. The number of benzene rings is 1. The molecule has 0 radical (unpaired) electrons. The summed E-state index contributed by atoms with van der Waals surface area (Å²) < 4.78 is 1.51. The second-order valence-corrected chi connectivity index (χ2v) is 4.87. The molecule has 0 unspecified atom stereocenters. The molecule has 1 aromatic heterocycles. The van der Waals surface area contributed by atoms with E-state index in [1.54, 1.807) is 13.1 Å². The normalized spacial score (nSPS) is 10.6. The van der Waals surface area contributed by atoms with Gasteiger partial charge in [0, 0.05) is 18.6 Å². The monoisotopic (exact) mass is 292 g/mol. The number of nitrogens with two attached hydrogens (primary N) is 1. The first-order valence-corrected chi connectivity index (χ1v) is 6.75. The minimum absolute atomic E-state index is 0.253. The largest absolute Gasteiger partial charge is 0.395 e. The summed E-state index contributed by atoms with van der Waals surface area (Å²) in [4.78, 5) is 12.2. The van der Waals surface area contributed by atoms with Crippen molar-refractivity contribution in [1.29, 1.82) is 0 Å². The molecule has 0 aliphatic carbocycles. The van der Waals surface area contributed by atoms with Crippen LogP contribution >= 0.6 is 11.6 Å². The molecular formula is C14H17ClN4O. The van der Waals surface area contributed by atoms with Gasteiger partial charge in [0.2, 0.25) is 0 Å². The zero-order valence-corrected chi connectivity index (χ0v) is 12.2. The fraction of sp³-hybridized carbons (Fsp3) is 0.286. The van der Waals surface area contributed by atoms with Gasteiger partial charge in [-0.15, -0.1) is 0 Å². The maximum atomic E-state index is 12.2. The summed E-state index contributed by atoms with van der Waals surface area (Å²) in [6.45, 7) is 2.30. The summed E-state index contributed by atoms with van der Waals surface area (Å²) in [6, 6.07) is 7.38. The summed E-state index contributed by atoms with van der Waals surface area (Å²) in [7, 11) is 1.71. The van der Waals surface area contributed by atoms with Gasteiger partial charge in [-0.3, -0.25) is 9.48 Å². The fourth-order valence-electron chi connectivity index (χ4n) is 2.03. The number of amides is 1. The van der Waals surface area contributed by atoms with E-state index in [2.05, 4.69) is 10.4 Å². The van der Waals surface area contributed by atoms with E-state index in [1.165, 1.54) is 4.68 Å². The van der Waals surface area contributed by atoms with Crippen molar-refractivity contribution in [2.24, 2.45) is 7.05 Å². The smallest absolute Gasteiger partial charge is 0.271 e. The lowest BCUT2D eigenvalue weighted by molar-refractivity contribution is 0.0942. The van der Waals surface area contributed by atoms with Crippen molar-refractivity contribution in [1.82, 2.24) is 15.1 Å². The van der Waals surface area contributed by atoms with E-state index in [4.69, 9.17) is 17.3 Å². The summed E-state index contributed by atoms with van der Waals surface area (Å²) in [5.41, 5.74) is 8.36. The molecule has 1 amide bonds. The molecule has 0 saturated carbocycles. The highest BCUT2D eigenvalue weighted by molar-refractivity contribution is 6.31. The number of anilines is 1. The van der Waals surface area contributed by atoms with E-state index in [0.29, 0.717) is 29.4 Å². The Kier molecular flexibility index (Phi) is 4.29. The number of halogens is 1. The van der Waals surface area contributed by atoms with Gasteiger partial charge in [0.05, 0.1) is 11.4 Å². The van der Waals surface area contributed by atoms with Gasteiger partial charge in [-0.2, -0.15) is 5.10 Å². The van der Waals surface area contributed by atoms with Crippen LogP contribution in [0.2, 0.25) is 5.02 Å². The number of rotatable bonds is 4. The molecule has 0 bridgehead atoms. The molecule has 3 N–H and O–H groups in total. The molecule has 2 aromatic rings. The molecule has 0 aliphatic rings. The van der Waals surface area contributed by atoms with E-state index in [1.807, 2.05) is 25.1 Å². The molecule has 0 aliphatic heterocycles. The number of hydrogen-bond acceptors (Lipinski definition) is 3. The predicted molar refractivity (Wildman–Crippen MR) is 79.6 cm³/mol. The van der Waals surface area contributed by atoms with E-state index < -0.39 is 0 Å². The van der Waals surface area contributed by atoms with Crippen LogP contribution in [0.3, 0.4) is 0 Å². The highest BCUT2D eigenvalue weighted by atomic mass is 35.5. The maximum absolute atomic E-state index is 12.2. The Morgan fingerprint density at radius 2 is 2.15 bits per heavy atom.